The molecule has 0 radical (unpaired) electrons. The van der Waals surface area contributed by atoms with Crippen molar-refractivity contribution in [2.24, 2.45) is 5.73 Å². The number of benzene rings is 1. The Hall–Kier alpha value is -1.12. The highest BCUT2D eigenvalue weighted by molar-refractivity contribution is 7.10. The van der Waals surface area contributed by atoms with Crippen molar-refractivity contribution in [1.82, 2.24) is 0 Å². The molecule has 18 heavy (non-hydrogen) atoms. The van der Waals surface area contributed by atoms with Gasteiger partial charge in [-0.15, -0.1) is 11.3 Å². The molecule has 0 aliphatic rings. The molecule has 0 aliphatic carbocycles. The zero-order valence-corrected chi connectivity index (χ0v) is 12.2. The Labute approximate surface area is 114 Å². The summed E-state index contributed by atoms with van der Waals surface area (Å²) in [4.78, 5) is 1.35. The fourth-order valence-electron chi connectivity index (χ4n) is 2.45. The molecular formula is C16H21NS. The predicted molar refractivity (Wildman–Crippen MR) is 80.2 cm³/mol. The van der Waals surface area contributed by atoms with Gasteiger partial charge in [0.25, 0.3) is 0 Å². The Morgan fingerprint density at radius 2 is 1.83 bits per heavy atom. The van der Waals surface area contributed by atoms with E-state index in [4.69, 9.17) is 5.73 Å². The molecule has 0 amide bonds. The summed E-state index contributed by atoms with van der Waals surface area (Å²) in [5.41, 5.74) is 11.9. The summed E-state index contributed by atoms with van der Waals surface area (Å²) in [6.45, 7) is 6.53. The van der Waals surface area contributed by atoms with Crippen LogP contribution in [0.2, 0.25) is 0 Å². The van der Waals surface area contributed by atoms with Gasteiger partial charge in [-0.3, -0.25) is 0 Å². The van der Waals surface area contributed by atoms with Gasteiger partial charge in [-0.05, 0) is 60.4 Å². The van der Waals surface area contributed by atoms with E-state index in [0.717, 1.165) is 12.8 Å². The van der Waals surface area contributed by atoms with Crippen LogP contribution < -0.4 is 5.73 Å². The topological polar surface area (TPSA) is 26.0 Å². The molecule has 1 nitrogen and oxygen atoms in total. The van der Waals surface area contributed by atoms with E-state index in [0.29, 0.717) is 0 Å². The van der Waals surface area contributed by atoms with E-state index in [1.165, 1.54) is 27.1 Å². The lowest BCUT2D eigenvalue weighted by Crippen LogP contribution is -2.14. The van der Waals surface area contributed by atoms with E-state index >= 15 is 0 Å². The SMILES string of the molecule is CCc1ccsc1C(N)Cc1c(C)cccc1C. The van der Waals surface area contributed by atoms with Crippen LogP contribution >= 0.6 is 11.3 Å². The maximum atomic E-state index is 6.40. The molecule has 1 aromatic heterocycles. The Morgan fingerprint density at radius 3 is 2.44 bits per heavy atom. The van der Waals surface area contributed by atoms with Crippen molar-refractivity contribution in [1.29, 1.82) is 0 Å². The third-order valence-corrected chi connectivity index (χ3v) is 4.66. The highest BCUT2D eigenvalue weighted by Gasteiger charge is 2.14. The average Bonchev–Trinajstić information content (AvgIpc) is 2.82. The molecular weight excluding hydrogens is 238 g/mol. The van der Waals surface area contributed by atoms with Crippen molar-refractivity contribution in [2.45, 2.75) is 39.7 Å². The fraction of sp³-hybridized carbons (Fsp3) is 0.375. The number of hydrogen-bond acceptors (Lipinski definition) is 2. The molecule has 1 unspecified atom stereocenters. The first-order valence-electron chi connectivity index (χ1n) is 6.50. The summed E-state index contributed by atoms with van der Waals surface area (Å²) in [7, 11) is 0. The van der Waals surface area contributed by atoms with Crippen LogP contribution in [-0.4, -0.2) is 0 Å². The van der Waals surface area contributed by atoms with Crippen LogP contribution in [0.1, 0.15) is 40.1 Å². The zero-order valence-electron chi connectivity index (χ0n) is 11.4. The van der Waals surface area contributed by atoms with E-state index < -0.39 is 0 Å². The summed E-state index contributed by atoms with van der Waals surface area (Å²) in [6, 6.07) is 8.78. The molecule has 0 saturated heterocycles. The molecule has 0 fully saturated rings. The highest BCUT2D eigenvalue weighted by Crippen LogP contribution is 2.27. The van der Waals surface area contributed by atoms with Crippen LogP contribution in [0.25, 0.3) is 0 Å². The maximum Gasteiger partial charge on any atom is 0.0433 e. The number of aryl methyl sites for hydroxylation is 3. The summed E-state index contributed by atoms with van der Waals surface area (Å²) < 4.78 is 0. The third-order valence-electron chi connectivity index (χ3n) is 3.57. The lowest BCUT2D eigenvalue weighted by Gasteiger charge is -2.16. The summed E-state index contributed by atoms with van der Waals surface area (Å²) in [6.07, 6.45) is 2.01. The van der Waals surface area contributed by atoms with E-state index in [2.05, 4.69) is 50.4 Å². The van der Waals surface area contributed by atoms with Gasteiger partial charge in [0, 0.05) is 10.9 Å². The molecule has 1 heterocycles. The number of hydrogen-bond donors (Lipinski definition) is 1. The summed E-state index contributed by atoms with van der Waals surface area (Å²) in [5.74, 6) is 0. The maximum absolute atomic E-state index is 6.40. The Bertz CT molecular complexity index is 507. The van der Waals surface area contributed by atoms with Crippen molar-refractivity contribution >= 4 is 11.3 Å². The molecule has 96 valence electrons. The van der Waals surface area contributed by atoms with Crippen molar-refractivity contribution in [2.75, 3.05) is 0 Å². The van der Waals surface area contributed by atoms with Gasteiger partial charge in [-0.2, -0.15) is 0 Å². The van der Waals surface area contributed by atoms with Gasteiger partial charge in [0.2, 0.25) is 0 Å². The van der Waals surface area contributed by atoms with Crippen molar-refractivity contribution in [3.05, 3.63) is 56.8 Å². The monoisotopic (exact) mass is 259 g/mol. The molecule has 2 aromatic rings. The first-order chi connectivity index (χ1) is 8.63. The molecule has 1 atom stereocenters. The second-order valence-corrected chi connectivity index (χ2v) is 5.79. The van der Waals surface area contributed by atoms with Gasteiger partial charge in [-0.25, -0.2) is 0 Å². The van der Waals surface area contributed by atoms with Crippen molar-refractivity contribution in [3.63, 3.8) is 0 Å². The van der Waals surface area contributed by atoms with E-state index in [-0.39, 0.29) is 6.04 Å². The standard InChI is InChI=1S/C16H21NS/c1-4-13-8-9-18-16(13)15(17)10-14-11(2)6-5-7-12(14)3/h5-9,15H,4,10,17H2,1-3H3. The minimum absolute atomic E-state index is 0.125. The van der Waals surface area contributed by atoms with E-state index in [1.54, 1.807) is 11.3 Å². The van der Waals surface area contributed by atoms with Crippen LogP contribution in [0.5, 0.6) is 0 Å². The van der Waals surface area contributed by atoms with Crippen LogP contribution in [0.4, 0.5) is 0 Å². The second-order valence-electron chi connectivity index (χ2n) is 4.84. The summed E-state index contributed by atoms with van der Waals surface area (Å²) >= 11 is 1.79. The molecule has 0 aliphatic heterocycles. The number of rotatable bonds is 4. The fourth-order valence-corrected chi connectivity index (χ4v) is 3.45. The quantitative estimate of drug-likeness (QED) is 0.876. The molecule has 1 aromatic carbocycles. The molecule has 2 N–H and O–H groups in total. The second kappa shape index (κ2) is 5.68. The number of nitrogens with two attached hydrogens (primary N) is 1. The van der Waals surface area contributed by atoms with E-state index in [9.17, 15) is 0 Å². The van der Waals surface area contributed by atoms with Crippen LogP contribution in [0.3, 0.4) is 0 Å². The molecule has 0 spiro atoms. The molecule has 2 rings (SSSR count). The number of thiophene rings is 1. The highest BCUT2D eigenvalue weighted by atomic mass is 32.1. The average molecular weight is 259 g/mol. The lowest BCUT2D eigenvalue weighted by molar-refractivity contribution is 0.721. The van der Waals surface area contributed by atoms with Crippen LogP contribution in [0.15, 0.2) is 29.6 Å². The Balaban J connectivity index is 2.24. The minimum Gasteiger partial charge on any atom is -0.323 e. The van der Waals surface area contributed by atoms with Gasteiger partial charge in [0.1, 0.15) is 0 Å². The lowest BCUT2D eigenvalue weighted by atomic mass is 9.95. The van der Waals surface area contributed by atoms with Gasteiger partial charge >= 0.3 is 0 Å². The zero-order chi connectivity index (χ0) is 13.1. The first-order valence-corrected chi connectivity index (χ1v) is 7.38. The van der Waals surface area contributed by atoms with Crippen molar-refractivity contribution in [3.8, 4) is 0 Å². The Morgan fingerprint density at radius 1 is 1.17 bits per heavy atom. The van der Waals surface area contributed by atoms with Crippen LogP contribution in [0, 0.1) is 13.8 Å². The molecule has 2 heteroatoms. The van der Waals surface area contributed by atoms with Gasteiger partial charge in [0.15, 0.2) is 0 Å². The van der Waals surface area contributed by atoms with Crippen molar-refractivity contribution < 1.29 is 0 Å². The van der Waals surface area contributed by atoms with E-state index in [1.807, 2.05) is 0 Å². The largest absolute Gasteiger partial charge is 0.323 e. The van der Waals surface area contributed by atoms with Gasteiger partial charge in [-0.1, -0.05) is 25.1 Å². The predicted octanol–water partition coefficient (Wildman–Crippen LogP) is 4.17. The minimum atomic E-state index is 0.125. The molecule has 0 bridgehead atoms. The molecule has 0 saturated carbocycles. The third kappa shape index (κ3) is 2.65. The summed E-state index contributed by atoms with van der Waals surface area (Å²) in [5, 5.41) is 2.15. The normalized spacial score (nSPS) is 12.7. The first kappa shape index (κ1) is 13.3. The van der Waals surface area contributed by atoms with Gasteiger partial charge < -0.3 is 5.73 Å². The van der Waals surface area contributed by atoms with Gasteiger partial charge in [0.05, 0.1) is 0 Å². The smallest absolute Gasteiger partial charge is 0.0433 e. The van der Waals surface area contributed by atoms with Crippen LogP contribution in [-0.2, 0) is 12.8 Å². The Kier molecular flexibility index (Phi) is 4.20.